The van der Waals surface area contributed by atoms with Gasteiger partial charge in [-0.05, 0) is 38.5 Å². The van der Waals surface area contributed by atoms with Crippen molar-refractivity contribution >= 4 is 5.91 Å². The zero-order valence-electron chi connectivity index (χ0n) is 37.7. The summed E-state index contributed by atoms with van der Waals surface area (Å²) in [5, 5.41) is 75.7. The molecule has 0 radical (unpaired) electrons. The van der Waals surface area contributed by atoms with E-state index in [1.165, 1.54) is 141 Å². The number of allylic oxidation sites excluding steroid dienone is 2. The molecule has 0 spiro atoms. The minimum absolute atomic E-state index is 0.259. The Labute approximate surface area is 360 Å². The molecule has 0 unspecified atom stereocenters. The molecule has 0 aromatic rings. The summed E-state index contributed by atoms with van der Waals surface area (Å²) in [6, 6.07) is -1.18. The fourth-order valence-electron chi connectivity index (χ4n) is 7.97. The average molecular weight is 844 g/mol. The molecule has 1 saturated heterocycles. The predicted octanol–water partition coefficient (Wildman–Crippen LogP) is 8.45. The van der Waals surface area contributed by atoms with E-state index in [0.717, 1.165) is 38.5 Å². The largest absolute Gasteiger partial charge is 0.394 e. The lowest BCUT2D eigenvalue weighted by atomic mass is 9.98. The van der Waals surface area contributed by atoms with Crippen LogP contribution in [0.15, 0.2) is 12.2 Å². The van der Waals surface area contributed by atoms with Crippen molar-refractivity contribution in [2.45, 2.75) is 274 Å². The van der Waals surface area contributed by atoms with Gasteiger partial charge in [0.1, 0.15) is 36.6 Å². The third-order valence-electron chi connectivity index (χ3n) is 12.1. The van der Waals surface area contributed by atoms with Crippen LogP contribution in [-0.2, 0) is 14.3 Å². The molecule has 1 fully saturated rings. The highest BCUT2D eigenvalue weighted by molar-refractivity contribution is 5.80. The monoisotopic (exact) mass is 844 g/mol. The van der Waals surface area contributed by atoms with Gasteiger partial charge in [0, 0.05) is 0 Å². The van der Waals surface area contributed by atoms with Crippen LogP contribution in [0.2, 0.25) is 0 Å². The highest BCUT2D eigenvalue weighted by atomic mass is 16.7. The van der Waals surface area contributed by atoms with Crippen molar-refractivity contribution in [1.82, 2.24) is 5.32 Å². The van der Waals surface area contributed by atoms with Gasteiger partial charge in [-0.25, -0.2) is 0 Å². The number of carbonyl (C=O) groups excluding carboxylic acids is 1. The van der Waals surface area contributed by atoms with Gasteiger partial charge in [0.25, 0.3) is 0 Å². The fraction of sp³-hybridized carbons (Fsp3) is 0.938. The summed E-state index contributed by atoms with van der Waals surface area (Å²) in [5.74, 6) is -0.704. The van der Waals surface area contributed by atoms with Crippen LogP contribution in [0.25, 0.3) is 0 Å². The number of aliphatic hydroxyl groups excluding tert-OH is 7. The van der Waals surface area contributed by atoms with Crippen LogP contribution in [-0.4, -0.2) is 110 Å². The third kappa shape index (κ3) is 28.2. The van der Waals surface area contributed by atoms with Gasteiger partial charge in [0.05, 0.1) is 25.4 Å². The number of amides is 1. The smallest absolute Gasteiger partial charge is 0.249 e. The summed E-state index contributed by atoms with van der Waals surface area (Å²) in [6.07, 6.45) is 29.8. The lowest BCUT2D eigenvalue weighted by Crippen LogP contribution is -2.60. The molecule has 1 heterocycles. The maximum absolute atomic E-state index is 13.1. The van der Waals surface area contributed by atoms with Crippen LogP contribution in [0, 0.1) is 0 Å². The highest BCUT2D eigenvalue weighted by Gasteiger charge is 2.44. The van der Waals surface area contributed by atoms with E-state index in [1.807, 2.05) is 0 Å². The molecule has 1 amide bonds. The molecular formula is C48H93NO10. The fourth-order valence-corrected chi connectivity index (χ4v) is 7.97. The Kier molecular flexibility index (Phi) is 36.5. The SMILES string of the molecule is CCCCCCCCCC/C=C\CCC[C@@H](O)[C@@H](O)[C@H](CO[C@@H]1O[C@H](CO)[C@@H](O)[C@H](O)[C@H]1O)NC(=O)[C@@H](O)CCCCCCCCCCCCCCCCCCCCC. The van der Waals surface area contributed by atoms with Crippen molar-refractivity contribution in [1.29, 1.82) is 0 Å². The van der Waals surface area contributed by atoms with E-state index in [2.05, 4.69) is 31.3 Å². The molecule has 1 rings (SSSR count). The second-order valence-corrected chi connectivity index (χ2v) is 17.5. The Bertz CT molecular complexity index is 970. The Morgan fingerprint density at radius 3 is 1.46 bits per heavy atom. The first-order valence-electron chi connectivity index (χ1n) is 24.6. The lowest BCUT2D eigenvalue weighted by molar-refractivity contribution is -0.303. The summed E-state index contributed by atoms with van der Waals surface area (Å²) in [4.78, 5) is 13.1. The molecule has 1 aliphatic rings. The maximum Gasteiger partial charge on any atom is 0.249 e. The number of carbonyl (C=O) groups is 1. The molecule has 0 saturated carbocycles. The van der Waals surface area contributed by atoms with E-state index in [9.17, 15) is 40.5 Å². The topological polar surface area (TPSA) is 189 Å². The number of aliphatic hydroxyl groups is 7. The molecule has 350 valence electrons. The maximum atomic E-state index is 13.1. The molecule has 0 aliphatic carbocycles. The van der Waals surface area contributed by atoms with Crippen molar-refractivity contribution < 1.29 is 50.0 Å². The molecule has 0 aromatic carbocycles. The molecule has 11 heteroatoms. The van der Waals surface area contributed by atoms with Gasteiger partial charge in [0.2, 0.25) is 5.91 Å². The standard InChI is InChI=1S/C48H93NO10/c1-3-5-7-9-11-13-15-17-18-19-20-21-22-24-26-28-30-32-34-36-41(52)47(57)49-39(38-58-48-46(56)45(55)44(54)42(37-50)59-48)43(53)40(51)35-33-31-29-27-25-23-16-14-12-10-8-6-4-2/h27,29,39-46,48,50-56H,3-26,28,30-38H2,1-2H3,(H,49,57)/b29-27-/t39-,40+,41-,42+,43-,44+,45-,46+,48+/m0/s1. The van der Waals surface area contributed by atoms with Crippen LogP contribution in [0.1, 0.15) is 219 Å². The molecule has 1 aliphatic heterocycles. The van der Waals surface area contributed by atoms with Crippen LogP contribution in [0.4, 0.5) is 0 Å². The Hall–Kier alpha value is -1.15. The molecule has 0 aromatic heterocycles. The van der Waals surface area contributed by atoms with Crippen molar-refractivity contribution in [3.8, 4) is 0 Å². The summed E-state index contributed by atoms with van der Waals surface area (Å²) < 4.78 is 11.1. The number of hydrogen-bond acceptors (Lipinski definition) is 10. The Morgan fingerprint density at radius 1 is 0.576 bits per heavy atom. The van der Waals surface area contributed by atoms with E-state index >= 15 is 0 Å². The normalized spacial score (nSPS) is 21.8. The number of nitrogens with one attached hydrogen (secondary N) is 1. The number of hydrogen-bond donors (Lipinski definition) is 8. The van der Waals surface area contributed by atoms with Gasteiger partial charge >= 0.3 is 0 Å². The van der Waals surface area contributed by atoms with Crippen LogP contribution in [0.3, 0.4) is 0 Å². The first-order chi connectivity index (χ1) is 28.7. The van der Waals surface area contributed by atoms with Crippen molar-refractivity contribution in [3.05, 3.63) is 12.2 Å². The number of unbranched alkanes of at least 4 members (excludes halogenated alkanes) is 27. The van der Waals surface area contributed by atoms with E-state index in [0.29, 0.717) is 12.8 Å². The third-order valence-corrected chi connectivity index (χ3v) is 12.1. The van der Waals surface area contributed by atoms with E-state index in [-0.39, 0.29) is 12.8 Å². The van der Waals surface area contributed by atoms with Gasteiger partial charge in [-0.2, -0.15) is 0 Å². The zero-order valence-corrected chi connectivity index (χ0v) is 37.7. The van der Waals surface area contributed by atoms with E-state index in [4.69, 9.17) is 9.47 Å². The minimum atomic E-state index is -1.66. The summed E-state index contributed by atoms with van der Waals surface area (Å²) in [5.41, 5.74) is 0. The van der Waals surface area contributed by atoms with E-state index in [1.54, 1.807) is 0 Å². The molecule has 59 heavy (non-hydrogen) atoms. The first kappa shape index (κ1) is 55.9. The lowest BCUT2D eigenvalue weighted by Gasteiger charge is -2.40. The zero-order chi connectivity index (χ0) is 43.4. The van der Waals surface area contributed by atoms with Crippen LogP contribution >= 0.6 is 0 Å². The summed E-state index contributed by atoms with van der Waals surface area (Å²) in [6.45, 7) is 3.43. The second-order valence-electron chi connectivity index (χ2n) is 17.5. The summed E-state index contributed by atoms with van der Waals surface area (Å²) >= 11 is 0. The quantitative estimate of drug-likeness (QED) is 0.0219. The number of rotatable bonds is 41. The minimum Gasteiger partial charge on any atom is -0.394 e. The van der Waals surface area contributed by atoms with Gasteiger partial charge in [-0.3, -0.25) is 4.79 Å². The molecule has 0 bridgehead atoms. The molecule has 9 atom stereocenters. The van der Waals surface area contributed by atoms with Crippen molar-refractivity contribution in [2.75, 3.05) is 13.2 Å². The number of ether oxygens (including phenoxy) is 2. The first-order valence-corrected chi connectivity index (χ1v) is 24.6. The van der Waals surface area contributed by atoms with E-state index < -0.39 is 74.2 Å². The van der Waals surface area contributed by atoms with Gasteiger partial charge in [0.15, 0.2) is 6.29 Å². The van der Waals surface area contributed by atoms with Crippen molar-refractivity contribution in [3.63, 3.8) is 0 Å². The second kappa shape index (κ2) is 38.5. The predicted molar refractivity (Wildman–Crippen MR) is 238 cm³/mol. The highest BCUT2D eigenvalue weighted by Crippen LogP contribution is 2.23. The Morgan fingerprint density at radius 2 is 1.00 bits per heavy atom. The molecule has 8 N–H and O–H groups in total. The molecule has 11 nitrogen and oxygen atoms in total. The van der Waals surface area contributed by atoms with Crippen LogP contribution in [0.5, 0.6) is 0 Å². The molecular weight excluding hydrogens is 751 g/mol. The summed E-state index contributed by atoms with van der Waals surface area (Å²) in [7, 11) is 0. The Balaban J connectivity index is 2.41. The van der Waals surface area contributed by atoms with Gasteiger partial charge in [-0.1, -0.05) is 193 Å². The van der Waals surface area contributed by atoms with Crippen molar-refractivity contribution in [2.24, 2.45) is 0 Å². The van der Waals surface area contributed by atoms with Gasteiger partial charge in [-0.15, -0.1) is 0 Å². The van der Waals surface area contributed by atoms with Gasteiger partial charge < -0.3 is 50.5 Å². The van der Waals surface area contributed by atoms with Crippen LogP contribution < -0.4 is 5.32 Å². The average Bonchev–Trinajstić information content (AvgIpc) is 3.23.